The molecule has 112 valence electrons. The predicted molar refractivity (Wildman–Crippen MR) is 64.6 cm³/mol. The summed E-state index contributed by atoms with van der Waals surface area (Å²) < 4.78 is 53.4. The Hall–Kier alpha value is -2.29. The lowest BCUT2D eigenvalue weighted by Crippen LogP contribution is -2.18. The van der Waals surface area contributed by atoms with Crippen LogP contribution in [0.4, 0.5) is 17.6 Å². The van der Waals surface area contributed by atoms with Crippen LogP contribution in [0.3, 0.4) is 0 Å². The van der Waals surface area contributed by atoms with Crippen molar-refractivity contribution in [3.05, 3.63) is 36.2 Å². The predicted octanol–water partition coefficient (Wildman–Crippen LogP) is 2.37. The molecule has 0 aliphatic heterocycles. The van der Waals surface area contributed by atoms with Crippen molar-refractivity contribution in [2.45, 2.75) is 19.6 Å². The first kappa shape index (κ1) is 15.1. The highest BCUT2D eigenvalue weighted by Gasteiger charge is 2.32. The maximum atomic E-state index is 12.4. The summed E-state index contributed by atoms with van der Waals surface area (Å²) in [5, 5.41) is 0. The van der Waals surface area contributed by atoms with Gasteiger partial charge in [0.1, 0.15) is 6.67 Å². The van der Waals surface area contributed by atoms with Crippen LogP contribution < -0.4 is 10.5 Å². The van der Waals surface area contributed by atoms with Crippen LogP contribution in [-0.4, -0.2) is 21.3 Å². The third-order valence-corrected chi connectivity index (χ3v) is 2.49. The van der Waals surface area contributed by atoms with Crippen LogP contribution in [0.5, 0.6) is 5.75 Å². The Labute approximate surface area is 116 Å². The molecule has 21 heavy (non-hydrogen) atoms. The first-order valence-electron chi connectivity index (χ1n) is 5.75. The summed E-state index contributed by atoms with van der Waals surface area (Å²) in [5.74, 6) is -0.568. The summed E-state index contributed by atoms with van der Waals surface area (Å²) in [5.41, 5.74) is 6.10. The molecule has 2 heterocycles. The lowest BCUT2D eigenvalue weighted by Gasteiger charge is -2.13. The van der Waals surface area contributed by atoms with E-state index in [1.54, 1.807) is 0 Å². The van der Waals surface area contributed by atoms with Crippen LogP contribution in [0.1, 0.15) is 11.5 Å². The highest BCUT2D eigenvalue weighted by Crippen LogP contribution is 2.33. The van der Waals surface area contributed by atoms with Gasteiger partial charge in [0, 0.05) is 30.1 Å². The summed E-state index contributed by atoms with van der Waals surface area (Å²) in [6.45, 7) is -0.820. The number of aromatic nitrogens is 3. The van der Waals surface area contributed by atoms with Gasteiger partial charge in [-0.1, -0.05) is 0 Å². The first-order valence-corrected chi connectivity index (χ1v) is 5.75. The van der Waals surface area contributed by atoms with Gasteiger partial charge < -0.3 is 10.5 Å². The van der Waals surface area contributed by atoms with Crippen molar-refractivity contribution in [3.8, 4) is 16.9 Å². The molecule has 9 heteroatoms. The fourth-order valence-corrected chi connectivity index (χ4v) is 1.59. The van der Waals surface area contributed by atoms with Gasteiger partial charge in [-0.25, -0.2) is 14.4 Å². The number of nitrogens with two attached hydrogens (primary N) is 1. The minimum Gasteiger partial charge on any atom is -0.403 e. The molecule has 2 aromatic rings. The van der Waals surface area contributed by atoms with E-state index in [2.05, 4.69) is 19.7 Å². The van der Waals surface area contributed by atoms with E-state index < -0.39 is 18.8 Å². The molecule has 0 bridgehead atoms. The maximum absolute atomic E-state index is 12.4. The largest absolute Gasteiger partial charge is 0.573 e. The second kappa shape index (κ2) is 6.00. The van der Waals surface area contributed by atoms with Crippen LogP contribution in [0, 0.1) is 0 Å². The standard InChI is InChI=1S/C12H10F4N4O/c13-2-11-19-4-7(5-20-11)9-1-8(3-17)18-6-10(9)21-12(14,15)16/h1,4-6H,2-3,17H2. The molecule has 0 aromatic carbocycles. The molecule has 2 rings (SSSR count). The summed E-state index contributed by atoms with van der Waals surface area (Å²) in [7, 11) is 0. The Kier molecular flexibility index (Phi) is 4.32. The van der Waals surface area contributed by atoms with Gasteiger partial charge in [0.2, 0.25) is 0 Å². The molecule has 2 N–H and O–H groups in total. The van der Waals surface area contributed by atoms with Crippen LogP contribution in [0.25, 0.3) is 11.1 Å². The molecule has 0 unspecified atom stereocenters. The number of nitrogens with zero attached hydrogens (tertiary/aromatic N) is 3. The van der Waals surface area contributed by atoms with Crippen molar-refractivity contribution in [2.24, 2.45) is 5.73 Å². The van der Waals surface area contributed by atoms with Crippen molar-refractivity contribution >= 4 is 0 Å². The lowest BCUT2D eigenvalue weighted by atomic mass is 10.1. The molecule has 0 saturated carbocycles. The van der Waals surface area contributed by atoms with E-state index in [1.165, 1.54) is 18.5 Å². The summed E-state index contributed by atoms with van der Waals surface area (Å²) in [6.07, 6.45) is -1.52. The molecule has 0 aliphatic carbocycles. The van der Waals surface area contributed by atoms with Gasteiger partial charge >= 0.3 is 6.36 Å². The fourth-order valence-electron chi connectivity index (χ4n) is 1.59. The van der Waals surface area contributed by atoms with Gasteiger partial charge in [0.05, 0.1) is 11.9 Å². The molecular formula is C12H10F4N4O. The lowest BCUT2D eigenvalue weighted by molar-refractivity contribution is -0.274. The highest BCUT2D eigenvalue weighted by atomic mass is 19.4. The highest BCUT2D eigenvalue weighted by molar-refractivity contribution is 5.69. The molecule has 0 saturated heterocycles. The SMILES string of the molecule is NCc1cc(-c2cnc(CF)nc2)c(OC(F)(F)F)cn1. The molecule has 0 amide bonds. The van der Waals surface area contributed by atoms with E-state index in [0.29, 0.717) is 5.69 Å². The average molecular weight is 302 g/mol. The molecule has 2 aromatic heterocycles. The van der Waals surface area contributed by atoms with Gasteiger partial charge in [-0.3, -0.25) is 4.98 Å². The van der Waals surface area contributed by atoms with Crippen molar-refractivity contribution < 1.29 is 22.3 Å². The minimum absolute atomic E-state index is 0.0444. The maximum Gasteiger partial charge on any atom is 0.573 e. The third-order valence-electron chi connectivity index (χ3n) is 2.49. The zero-order valence-corrected chi connectivity index (χ0v) is 10.6. The topological polar surface area (TPSA) is 73.9 Å². The molecule has 5 nitrogen and oxygen atoms in total. The summed E-state index contributed by atoms with van der Waals surface area (Å²) >= 11 is 0. The van der Waals surface area contributed by atoms with E-state index >= 15 is 0 Å². The van der Waals surface area contributed by atoms with E-state index in [1.807, 2.05) is 0 Å². The van der Waals surface area contributed by atoms with Gasteiger partial charge in [0.15, 0.2) is 11.6 Å². The van der Waals surface area contributed by atoms with Crippen LogP contribution in [0.2, 0.25) is 0 Å². The van der Waals surface area contributed by atoms with Crippen molar-refractivity contribution in [1.29, 1.82) is 0 Å². The van der Waals surface area contributed by atoms with Gasteiger partial charge in [-0.05, 0) is 6.07 Å². The number of ether oxygens (including phenoxy) is 1. The summed E-state index contributed by atoms with van der Waals surface area (Å²) in [4.78, 5) is 11.1. The number of alkyl halides is 4. The molecule has 0 atom stereocenters. The number of hydrogen-bond acceptors (Lipinski definition) is 5. The smallest absolute Gasteiger partial charge is 0.403 e. The Morgan fingerprint density at radius 2 is 1.76 bits per heavy atom. The number of hydrogen-bond donors (Lipinski definition) is 1. The van der Waals surface area contributed by atoms with Gasteiger partial charge in [-0.2, -0.15) is 0 Å². The second-order valence-corrected chi connectivity index (χ2v) is 3.95. The van der Waals surface area contributed by atoms with E-state index in [0.717, 1.165) is 6.20 Å². The molecular weight excluding hydrogens is 292 g/mol. The van der Waals surface area contributed by atoms with Crippen molar-refractivity contribution in [3.63, 3.8) is 0 Å². The van der Waals surface area contributed by atoms with E-state index in [9.17, 15) is 17.6 Å². The number of pyridine rings is 1. The zero-order valence-electron chi connectivity index (χ0n) is 10.6. The van der Waals surface area contributed by atoms with Gasteiger partial charge in [-0.15, -0.1) is 13.2 Å². The van der Waals surface area contributed by atoms with Crippen LogP contribution >= 0.6 is 0 Å². The number of halogens is 4. The normalized spacial score (nSPS) is 11.5. The quantitative estimate of drug-likeness (QED) is 0.878. The molecule has 0 radical (unpaired) electrons. The van der Waals surface area contributed by atoms with E-state index in [-0.39, 0.29) is 23.5 Å². The van der Waals surface area contributed by atoms with Crippen LogP contribution in [0.15, 0.2) is 24.7 Å². The Morgan fingerprint density at radius 1 is 1.10 bits per heavy atom. The van der Waals surface area contributed by atoms with Gasteiger partial charge in [0.25, 0.3) is 0 Å². The minimum atomic E-state index is -4.86. The molecule has 0 aliphatic rings. The Bertz CT molecular complexity index is 616. The third kappa shape index (κ3) is 3.85. The Morgan fingerprint density at radius 3 is 2.29 bits per heavy atom. The zero-order chi connectivity index (χ0) is 15.5. The fraction of sp³-hybridized carbons (Fsp3) is 0.250. The van der Waals surface area contributed by atoms with Crippen LogP contribution in [-0.2, 0) is 13.2 Å². The Balaban J connectivity index is 2.47. The van der Waals surface area contributed by atoms with E-state index in [4.69, 9.17) is 5.73 Å². The summed E-state index contributed by atoms with van der Waals surface area (Å²) in [6, 6.07) is 1.34. The molecule has 0 fully saturated rings. The first-order chi connectivity index (χ1) is 9.93. The number of rotatable bonds is 4. The second-order valence-electron chi connectivity index (χ2n) is 3.95. The monoisotopic (exact) mass is 302 g/mol. The average Bonchev–Trinajstić information content (AvgIpc) is 2.46. The van der Waals surface area contributed by atoms with Crippen molar-refractivity contribution in [2.75, 3.05) is 0 Å². The molecule has 0 spiro atoms. The van der Waals surface area contributed by atoms with Crippen molar-refractivity contribution in [1.82, 2.24) is 15.0 Å².